The molecule has 0 aromatic heterocycles. The number of amides is 1. The number of hydrogen-bond acceptors (Lipinski definition) is 6. The first kappa shape index (κ1) is 18.8. The Morgan fingerprint density at radius 3 is 2.58 bits per heavy atom. The molecule has 24 heavy (non-hydrogen) atoms. The van der Waals surface area contributed by atoms with Crippen molar-refractivity contribution in [3.8, 4) is 11.5 Å². The van der Waals surface area contributed by atoms with E-state index in [9.17, 15) is 14.7 Å². The lowest BCUT2D eigenvalue weighted by Gasteiger charge is -2.30. The highest BCUT2D eigenvalue weighted by molar-refractivity contribution is 7.99. The molecule has 1 saturated heterocycles. The van der Waals surface area contributed by atoms with Crippen LogP contribution in [0, 0.1) is 5.92 Å². The van der Waals surface area contributed by atoms with Gasteiger partial charge in [0.25, 0.3) is 0 Å². The van der Waals surface area contributed by atoms with Gasteiger partial charge in [-0.25, -0.2) is 4.79 Å². The number of carboxylic acid groups (broad SMARTS) is 1. The number of benzene rings is 1. The van der Waals surface area contributed by atoms with Crippen LogP contribution in [0.15, 0.2) is 18.2 Å². The van der Waals surface area contributed by atoms with Gasteiger partial charge >= 0.3 is 5.97 Å². The van der Waals surface area contributed by atoms with E-state index in [1.165, 1.54) is 23.8 Å². The number of methoxy groups -OCH3 is 2. The Kier molecular flexibility index (Phi) is 6.28. The quantitative estimate of drug-likeness (QED) is 0.748. The molecule has 1 N–H and O–H groups in total. The van der Waals surface area contributed by atoms with Crippen LogP contribution in [0.2, 0.25) is 0 Å². The van der Waals surface area contributed by atoms with Gasteiger partial charge in [0.05, 0.1) is 14.2 Å². The van der Waals surface area contributed by atoms with Crippen LogP contribution in [0.1, 0.15) is 17.9 Å². The largest absolute Gasteiger partial charge is 0.493 e. The first-order valence-corrected chi connectivity index (χ1v) is 9.12. The third-order valence-corrected chi connectivity index (χ3v) is 5.80. The second kappa shape index (κ2) is 8.02. The van der Waals surface area contributed by atoms with E-state index in [1.807, 2.05) is 6.07 Å². The number of rotatable bonds is 6. The standard InChI is InChI=1S/C16H21NO5S2/c1-9(7-23)14(18)17-11(16(19)20)8-24-15(17)10-4-5-12(21-2)13(6-10)22-3/h4-6,9,11,15,23H,7-8H2,1-3H3,(H,19,20)/t9?,11-,15?/m0/s1. The van der Waals surface area contributed by atoms with E-state index < -0.39 is 12.0 Å². The lowest BCUT2D eigenvalue weighted by atomic mass is 10.1. The zero-order valence-corrected chi connectivity index (χ0v) is 15.5. The maximum atomic E-state index is 12.7. The molecule has 2 rings (SSSR count). The van der Waals surface area contributed by atoms with Crippen LogP contribution >= 0.6 is 24.4 Å². The molecule has 1 amide bonds. The third-order valence-electron chi connectivity index (χ3n) is 3.93. The van der Waals surface area contributed by atoms with Gasteiger partial charge in [-0.2, -0.15) is 12.6 Å². The molecule has 8 heteroatoms. The van der Waals surface area contributed by atoms with Gasteiger partial charge in [-0.1, -0.05) is 13.0 Å². The van der Waals surface area contributed by atoms with Gasteiger partial charge in [-0.3, -0.25) is 4.79 Å². The number of carbonyl (C=O) groups excluding carboxylic acids is 1. The average Bonchev–Trinajstić information content (AvgIpc) is 3.04. The SMILES string of the molecule is COc1ccc(C2SC[C@@H](C(=O)O)N2C(=O)C(C)CS)cc1OC. The summed E-state index contributed by atoms with van der Waals surface area (Å²) in [6.45, 7) is 1.75. The normalized spacial score (nSPS) is 21.4. The molecule has 1 aromatic carbocycles. The van der Waals surface area contributed by atoms with E-state index in [0.29, 0.717) is 23.0 Å². The van der Waals surface area contributed by atoms with E-state index in [2.05, 4.69) is 12.6 Å². The molecular formula is C16H21NO5S2. The highest BCUT2D eigenvalue weighted by Crippen LogP contribution is 2.44. The summed E-state index contributed by atoms with van der Waals surface area (Å²) in [6.07, 6.45) is 0. The summed E-state index contributed by atoms with van der Waals surface area (Å²) in [7, 11) is 3.09. The summed E-state index contributed by atoms with van der Waals surface area (Å²) < 4.78 is 10.5. The van der Waals surface area contributed by atoms with E-state index in [1.54, 1.807) is 26.2 Å². The summed E-state index contributed by atoms with van der Waals surface area (Å²) in [5.74, 6) is 0.290. The molecule has 1 aliphatic rings. The van der Waals surface area contributed by atoms with E-state index in [-0.39, 0.29) is 17.2 Å². The van der Waals surface area contributed by atoms with Crippen molar-refractivity contribution in [3.05, 3.63) is 23.8 Å². The lowest BCUT2D eigenvalue weighted by molar-refractivity contribution is -0.150. The van der Waals surface area contributed by atoms with Crippen molar-refractivity contribution in [2.45, 2.75) is 18.3 Å². The minimum Gasteiger partial charge on any atom is -0.493 e. The summed E-state index contributed by atoms with van der Waals surface area (Å²) in [5.41, 5.74) is 0.807. The zero-order valence-electron chi connectivity index (χ0n) is 13.8. The molecule has 6 nitrogen and oxygen atoms in total. The van der Waals surface area contributed by atoms with Crippen LogP contribution in [0.5, 0.6) is 11.5 Å². The fourth-order valence-corrected chi connectivity index (χ4v) is 4.14. The number of carboxylic acids is 1. The van der Waals surface area contributed by atoms with Crippen LogP contribution in [-0.2, 0) is 9.59 Å². The molecule has 1 aliphatic heterocycles. The smallest absolute Gasteiger partial charge is 0.327 e. The molecule has 2 unspecified atom stereocenters. The second-order valence-electron chi connectivity index (χ2n) is 5.48. The predicted octanol–water partition coefficient (Wildman–Crippen LogP) is 2.30. The minimum atomic E-state index is -0.995. The van der Waals surface area contributed by atoms with Crippen molar-refractivity contribution in [2.24, 2.45) is 5.92 Å². The number of hydrogen-bond donors (Lipinski definition) is 2. The van der Waals surface area contributed by atoms with Crippen LogP contribution in [0.25, 0.3) is 0 Å². The molecule has 0 spiro atoms. The molecule has 0 bridgehead atoms. The van der Waals surface area contributed by atoms with Crippen LogP contribution in [0.3, 0.4) is 0 Å². The highest BCUT2D eigenvalue weighted by Gasteiger charge is 2.43. The summed E-state index contributed by atoms with van der Waals surface area (Å²) in [6, 6.07) is 4.53. The van der Waals surface area contributed by atoms with Crippen molar-refractivity contribution in [1.29, 1.82) is 0 Å². The molecule has 1 aromatic rings. The maximum absolute atomic E-state index is 12.7. The first-order chi connectivity index (χ1) is 11.4. The van der Waals surface area contributed by atoms with Gasteiger partial charge in [-0.15, -0.1) is 11.8 Å². The lowest BCUT2D eigenvalue weighted by Crippen LogP contribution is -2.45. The van der Waals surface area contributed by atoms with Gasteiger partial charge in [0.1, 0.15) is 11.4 Å². The predicted molar refractivity (Wildman–Crippen MR) is 96.0 cm³/mol. The van der Waals surface area contributed by atoms with Gasteiger partial charge in [-0.05, 0) is 17.7 Å². The van der Waals surface area contributed by atoms with Crippen molar-refractivity contribution in [1.82, 2.24) is 4.90 Å². The van der Waals surface area contributed by atoms with Crippen LogP contribution in [-0.4, -0.2) is 53.7 Å². The van der Waals surface area contributed by atoms with Gasteiger partial charge < -0.3 is 19.5 Å². The fraction of sp³-hybridized carbons (Fsp3) is 0.500. The molecule has 0 radical (unpaired) electrons. The molecule has 132 valence electrons. The van der Waals surface area contributed by atoms with Crippen LogP contribution in [0.4, 0.5) is 0 Å². The third kappa shape index (κ3) is 3.59. The Balaban J connectivity index is 2.40. The Morgan fingerprint density at radius 2 is 2.04 bits per heavy atom. The molecule has 0 aliphatic carbocycles. The van der Waals surface area contributed by atoms with Gasteiger partial charge in [0.2, 0.25) is 5.91 Å². The van der Waals surface area contributed by atoms with E-state index >= 15 is 0 Å². The molecule has 1 fully saturated rings. The summed E-state index contributed by atoms with van der Waals surface area (Å²) >= 11 is 5.60. The number of thiol groups is 1. The van der Waals surface area contributed by atoms with Crippen LogP contribution < -0.4 is 9.47 Å². The molecule has 3 atom stereocenters. The van der Waals surface area contributed by atoms with Crippen molar-refractivity contribution >= 4 is 36.3 Å². The number of nitrogens with zero attached hydrogens (tertiary/aromatic N) is 1. The van der Waals surface area contributed by atoms with Crippen molar-refractivity contribution in [3.63, 3.8) is 0 Å². The average molecular weight is 371 g/mol. The van der Waals surface area contributed by atoms with Crippen molar-refractivity contribution < 1.29 is 24.2 Å². The van der Waals surface area contributed by atoms with Gasteiger partial charge in [0.15, 0.2) is 11.5 Å². The summed E-state index contributed by atoms with van der Waals surface area (Å²) in [5, 5.41) is 9.09. The zero-order chi connectivity index (χ0) is 17.9. The minimum absolute atomic E-state index is 0.206. The maximum Gasteiger partial charge on any atom is 0.327 e. The van der Waals surface area contributed by atoms with E-state index in [0.717, 1.165) is 5.56 Å². The highest BCUT2D eigenvalue weighted by atomic mass is 32.2. The first-order valence-electron chi connectivity index (χ1n) is 7.44. The monoisotopic (exact) mass is 371 g/mol. The second-order valence-corrected chi connectivity index (χ2v) is 6.96. The molecular weight excluding hydrogens is 350 g/mol. The number of aliphatic carboxylic acids is 1. The fourth-order valence-electron chi connectivity index (χ4n) is 2.56. The molecule has 1 heterocycles. The summed E-state index contributed by atoms with van der Waals surface area (Å²) in [4.78, 5) is 25.7. The Bertz CT molecular complexity index is 624. The Hall–Kier alpha value is -1.54. The Labute approximate surface area is 150 Å². The number of carbonyl (C=O) groups is 2. The number of thioether (sulfide) groups is 1. The molecule has 0 saturated carbocycles. The number of ether oxygens (including phenoxy) is 2. The van der Waals surface area contributed by atoms with Gasteiger partial charge in [0, 0.05) is 17.4 Å². The van der Waals surface area contributed by atoms with Crippen molar-refractivity contribution in [2.75, 3.05) is 25.7 Å². The Morgan fingerprint density at radius 1 is 1.38 bits per heavy atom. The van der Waals surface area contributed by atoms with E-state index in [4.69, 9.17) is 9.47 Å². The topological polar surface area (TPSA) is 76.1 Å².